The Morgan fingerprint density at radius 1 is 1.22 bits per heavy atom. The van der Waals surface area contributed by atoms with Gasteiger partial charge in [-0.3, -0.25) is 4.79 Å². The second-order valence-electron chi connectivity index (χ2n) is 3.46. The van der Waals surface area contributed by atoms with Crippen LogP contribution in [0.1, 0.15) is 5.56 Å². The molecule has 94 valence electrons. The van der Waals surface area contributed by atoms with Gasteiger partial charge in [0.2, 0.25) is 0 Å². The zero-order valence-corrected chi connectivity index (χ0v) is 9.67. The Labute approximate surface area is 104 Å². The van der Waals surface area contributed by atoms with Gasteiger partial charge in [-0.1, -0.05) is 42.5 Å². The highest BCUT2D eigenvalue weighted by molar-refractivity contribution is 5.86. The lowest BCUT2D eigenvalue weighted by molar-refractivity contribution is -0.122. The van der Waals surface area contributed by atoms with Crippen molar-refractivity contribution >= 4 is 23.3 Å². The van der Waals surface area contributed by atoms with Crippen LogP contribution in [0.25, 0.3) is 10.8 Å². The number of carbonyl (C=O) groups is 2. The van der Waals surface area contributed by atoms with E-state index in [0.29, 0.717) is 6.54 Å². The standard InChI is InChI=1S/C12H12N2O.CH2O2/c13-12(15)14-8-10-6-3-5-9-4-1-2-7-11(9)10;2-1-3/h1-7H,8H2,(H3,13,14,15);1H,(H,2,3). The topological polar surface area (TPSA) is 92.4 Å². The highest BCUT2D eigenvalue weighted by atomic mass is 16.3. The van der Waals surface area contributed by atoms with E-state index in [2.05, 4.69) is 5.32 Å². The van der Waals surface area contributed by atoms with Crippen molar-refractivity contribution in [3.8, 4) is 0 Å². The Morgan fingerprint density at radius 3 is 2.50 bits per heavy atom. The molecule has 2 aromatic carbocycles. The van der Waals surface area contributed by atoms with Gasteiger partial charge in [0.05, 0.1) is 0 Å². The maximum Gasteiger partial charge on any atom is 0.312 e. The zero-order valence-electron chi connectivity index (χ0n) is 9.67. The molecule has 0 heterocycles. The first-order valence-corrected chi connectivity index (χ1v) is 5.27. The lowest BCUT2D eigenvalue weighted by Crippen LogP contribution is -2.28. The van der Waals surface area contributed by atoms with E-state index < -0.39 is 6.03 Å². The molecule has 2 rings (SSSR count). The first-order valence-electron chi connectivity index (χ1n) is 5.27. The summed E-state index contributed by atoms with van der Waals surface area (Å²) < 4.78 is 0. The summed E-state index contributed by atoms with van der Waals surface area (Å²) in [6.45, 7) is 0.219. The van der Waals surface area contributed by atoms with Crippen LogP contribution in [0.15, 0.2) is 42.5 Å². The summed E-state index contributed by atoms with van der Waals surface area (Å²) >= 11 is 0. The molecule has 0 saturated carbocycles. The van der Waals surface area contributed by atoms with Crippen LogP contribution in [0.2, 0.25) is 0 Å². The third-order valence-corrected chi connectivity index (χ3v) is 2.33. The number of carboxylic acid groups (broad SMARTS) is 1. The number of rotatable bonds is 2. The molecular weight excluding hydrogens is 232 g/mol. The molecule has 0 fully saturated rings. The third-order valence-electron chi connectivity index (χ3n) is 2.33. The molecule has 0 aromatic heterocycles. The van der Waals surface area contributed by atoms with Gasteiger partial charge in [-0.2, -0.15) is 0 Å². The van der Waals surface area contributed by atoms with E-state index in [1.54, 1.807) is 0 Å². The maximum atomic E-state index is 10.6. The molecule has 0 aliphatic rings. The quantitative estimate of drug-likeness (QED) is 0.704. The first-order chi connectivity index (χ1) is 8.69. The molecule has 2 amide bonds. The van der Waals surface area contributed by atoms with Gasteiger partial charge in [0, 0.05) is 6.54 Å². The number of fused-ring (bicyclic) bond motifs is 1. The molecule has 0 unspecified atom stereocenters. The normalized spacial score (nSPS) is 9.11. The van der Waals surface area contributed by atoms with Gasteiger partial charge >= 0.3 is 6.03 Å². The summed E-state index contributed by atoms with van der Waals surface area (Å²) in [6.07, 6.45) is 0. The van der Waals surface area contributed by atoms with Crippen molar-refractivity contribution in [2.45, 2.75) is 6.54 Å². The fourth-order valence-corrected chi connectivity index (χ4v) is 1.63. The van der Waals surface area contributed by atoms with Crippen molar-refractivity contribution in [2.75, 3.05) is 0 Å². The van der Waals surface area contributed by atoms with Gasteiger partial charge in [0.15, 0.2) is 0 Å². The summed E-state index contributed by atoms with van der Waals surface area (Å²) in [5, 5.41) is 11.8. The summed E-state index contributed by atoms with van der Waals surface area (Å²) in [7, 11) is 0. The fraction of sp³-hybridized carbons (Fsp3) is 0.0769. The van der Waals surface area contributed by atoms with E-state index in [1.807, 2.05) is 42.5 Å². The summed E-state index contributed by atoms with van der Waals surface area (Å²) in [5.74, 6) is 0. The van der Waals surface area contributed by atoms with Crippen molar-refractivity contribution in [3.05, 3.63) is 48.0 Å². The maximum absolute atomic E-state index is 10.6. The van der Waals surface area contributed by atoms with E-state index in [-0.39, 0.29) is 6.47 Å². The van der Waals surface area contributed by atoms with Crippen LogP contribution in [0, 0.1) is 0 Å². The van der Waals surface area contributed by atoms with Crippen LogP contribution < -0.4 is 11.1 Å². The number of amides is 2. The van der Waals surface area contributed by atoms with Crippen molar-refractivity contribution in [1.29, 1.82) is 0 Å². The molecule has 5 heteroatoms. The number of primary amides is 1. The SMILES string of the molecule is NC(=O)NCc1cccc2ccccc12.O=CO. The van der Waals surface area contributed by atoms with Gasteiger partial charge in [0.1, 0.15) is 0 Å². The molecule has 0 aliphatic carbocycles. The number of hydrogen-bond donors (Lipinski definition) is 3. The molecule has 2 aromatic rings. The number of urea groups is 1. The molecule has 0 bridgehead atoms. The Balaban J connectivity index is 0.000000492. The van der Waals surface area contributed by atoms with Gasteiger partial charge < -0.3 is 16.2 Å². The number of carbonyl (C=O) groups excluding carboxylic acids is 1. The van der Waals surface area contributed by atoms with Gasteiger partial charge in [0.25, 0.3) is 6.47 Å². The average Bonchev–Trinajstić information content (AvgIpc) is 2.37. The summed E-state index contributed by atoms with van der Waals surface area (Å²) in [4.78, 5) is 19.0. The second-order valence-corrected chi connectivity index (χ2v) is 3.46. The van der Waals surface area contributed by atoms with Crippen LogP contribution in [0.4, 0.5) is 4.79 Å². The zero-order chi connectivity index (χ0) is 13.4. The molecule has 0 atom stereocenters. The van der Waals surface area contributed by atoms with Gasteiger partial charge in [-0.25, -0.2) is 4.79 Å². The van der Waals surface area contributed by atoms with E-state index in [9.17, 15) is 4.79 Å². The Kier molecular flexibility index (Phi) is 5.18. The Morgan fingerprint density at radius 2 is 1.83 bits per heavy atom. The van der Waals surface area contributed by atoms with Crippen molar-refractivity contribution in [1.82, 2.24) is 5.32 Å². The third kappa shape index (κ3) is 3.79. The number of nitrogens with one attached hydrogen (secondary N) is 1. The highest BCUT2D eigenvalue weighted by Crippen LogP contribution is 2.17. The van der Waals surface area contributed by atoms with Crippen molar-refractivity contribution in [2.24, 2.45) is 5.73 Å². The molecule has 0 spiro atoms. The molecular formula is C13H14N2O3. The monoisotopic (exact) mass is 246 g/mol. The van der Waals surface area contributed by atoms with E-state index in [4.69, 9.17) is 15.6 Å². The molecule has 0 aliphatic heterocycles. The van der Waals surface area contributed by atoms with Crippen LogP contribution in [-0.4, -0.2) is 17.6 Å². The Bertz CT molecular complexity index is 535. The minimum atomic E-state index is -0.497. The smallest absolute Gasteiger partial charge is 0.312 e. The number of benzene rings is 2. The molecule has 0 saturated heterocycles. The van der Waals surface area contributed by atoms with E-state index in [0.717, 1.165) is 10.9 Å². The fourth-order valence-electron chi connectivity index (χ4n) is 1.63. The van der Waals surface area contributed by atoms with Crippen LogP contribution in [0.5, 0.6) is 0 Å². The second kappa shape index (κ2) is 6.90. The summed E-state index contributed by atoms with van der Waals surface area (Å²) in [6, 6.07) is 13.6. The Hall–Kier alpha value is -2.56. The molecule has 18 heavy (non-hydrogen) atoms. The van der Waals surface area contributed by atoms with Crippen LogP contribution in [0.3, 0.4) is 0 Å². The lowest BCUT2D eigenvalue weighted by Gasteiger charge is -2.06. The summed E-state index contributed by atoms with van der Waals surface area (Å²) in [5.41, 5.74) is 6.11. The van der Waals surface area contributed by atoms with E-state index >= 15 is 0 Å². The highest BCUT2D eigenvalue weighted by Gasteiger charge is 2.00. The van der Waals surface area contributed by atoms with Crippen molar-refractivity contribution in [3.63, 3.8) is 0 Å². The van der Waals surface area contributed by atoms with Crippen molar-refractivity contribution < 1.29 is 14.7 Å². The number of hydrogen-bond acceptors (Lipinski definition) is 2. The molecule has 5 nitrogen and oxygen atoms in total. The lowest BCUT2D eigenvalue weighted by atomic mass is 10.0. The van der Waals surface area contributed by atoms with Gasteiger partial charge in [-0.05, 0) is 16.3 Å². The first kappa shape index (κ1) is 13.5. The number of nitrogens with two attached hydrogens (primary N) is 1. The minimum Gasteiger partial charge on any atom is -0.483 e. The molecule has 4 N–H and O–H groups in total. The minimum absolute atomic E-state index is 0.250. The largest absolute Gasteiger partial charge is 0.483 e. The van der Waals surface area contributed by atoms with Gasteiger partial charge in [-0.15, -0.1) is 0 Å². The average molecular weight is 246 g/mol. The van der Waals surface area contributed by atoms with E-state index in [1.165, 1.54) is 5.39 Å². The molecule has 0 radical (unpaired) electrons. The predicted molar refractivity (Wildman–Crippen MR) is 69.1 cm³/mol. The predicted octanol–water partition coefficient (Wildman–Crippen LogP) is 1.71. The van der Waals surface area contributed by atoms with Crippen LogP contribution >= 0.6 is 0 Å². The van der Waals surface area contributed by atoms with Crippen LogP contribution in [-0.2, 0) is 11.3 Å².